The molecule has 1 aromatic carbocycles. The molecule has 0 fully saturated rings. The second kappa shape index (κ2) is 5.07. The first-order chi connectivity index (χ1) is 7.41. The van der Waals surface area contributed by atoms with Gasteiger partial charge in [-0.05, 0) is 31.0 Å². The van der Waals surface area contributed by atoms with Crippen molar-refractivity contribution < 1.29 is 14.3 Å². The van der Waals surface area contributed by atoms with Gasteiger partial charge in [-0.2, -0.15) is 0 Å². The fraction of sp³-hybridized carbons (Fsp3) is 0.417. The summed E-state index contributed by atoms with van der Waals surface area (Å²) in [6.45, 7) is 3.41. The van der Waals surface area contributed by atoms with Crippen LogP contribution in [0.3, 0.4) is 0 Å². The molecule has 16 heavy (non-hydrogen) atoms. The van der Waals surface area contributed by atoms with Crippen LogP contribution >= 0.6 is 0 Å². The quantitative estimate of drug-likeness (QED) is 0.824. The van der Waals surface area contributed by atoms with E-state index in [1.54, 1.807) is 26.0 Å². The monoisotopic (exact) mass is 225 g/mol. The van der Waals surface area contributed by atoms with Gasteiger partial charge >= 0.3 is 5.97 Å². The number of carboxylic acids is 1. The van der Waals surface area contributed by atoms with Gasteiger partial charge in [-0.1, -0.05) is 12.1 Å². The van der Waals surface area contributed by atoms with Crippen LogP contribution in [-0.4, -0.2) is 17.1 Å². The van der Waals surface area contributed by atoms with Crippen LogP contribution in [0.1, 0.15) is 30.4 Å². The molecule has 0 saturated carbocycles. The van der Waals surface area contributed by atoms with Gasteiger partial charge < -0.3 is 10.8 Å². The third-order valence-electron chi connectivity index (χ3n) is 2.64. The van der Waals surface area contributed by atoms with Gasteiger partial charge in [0.1, 0.15) is 5.82 Å². The first-order valence-corrected chi connectivity index (χ1v) is 5.15. The standard InChI is InChI=1S/C12H16FNO2/c1-7-5-9(3-4-11(7)13)10(8(2)14)6-12(15)16/h3-5,8,10H,6,14H2,1-2H3,(H,15,16). The van der Waals surface area contributed by atoms with Crippen molar-refractivity contribution in [2.75, 3.05) is 0 Å². The van der Waals surface area contributed by atoms with E-state index in [0.29, 0.717) is 5.56 Å². The lowest BCUT2D eigenvalue weighted by Gasteiger charge is -2.19. The van der Waals surface area contributed by atoms with Gasteiger partial charge in [0.2, 0.25) is 0 Å². The fourth-order valence-electron chi connectivity index (χ4n) is 1.69. The number of nitrogens with two attached hydrogens (primary N) is 1. The summed E-state index contributed by atoms with van der Waals surface area (Å²) in [6.07, 6.45) is -0.0389. The summed E-state index contributed by atoms with van der Waals surface area (Å²) >= 11 is 0. The average molecular weight is 225 g/mol. The SMILES string of the molecule is Cc1cc(C(CC(=O)O)C(C)N)ccc1F. The molecule has 0 radical (unpaired) electrons. The van der Waals surface area contributed by atoms with Crippen LogP contribution in [0, 0.1) is 12.7 Å². The highest BCUT2D eigenvalue weighted by molar-refractivity contribution is 5.68. The Balaban J connectivity index is 3.01. The summed E-state index contributed by atoms with van der Waals surface area (Å²) in [7, 11) is 0. The maximum Gasteiger partial charge on any atom is 0.304 e. The van der Waals surface area contributed by atoms with Gasteiger partial charge in [0.15, 0.2) is 0 Å². The highest BCUT2D eigenvalue weighted by Gasteiger charge is 2.20. The van der Waals surface area contributed by atoms with Gasteiger partial charge in [-0.15, -0.1) is 0 Å². The Morgan fingerprint density at radius 1 is 1.56 bits per heavy atom. The van der Waals surface area contributed by atoms with Crippen LogP contribution in [0.2, 0.25) is 0 Å². The molecule has 0 heterocycles. The van der Waals surface area contributed by atoms with Crippen molar-refractivity contribution >= 4 is 5.97 Å². The van der Waals surface area contributed by atoms with E-state index in [1.807, 2.05) is 0 Å². The molecule has 4 heteroatoms. The number of hydrogen-bond donors (Lipinski definition) is 2. The number of carboxylic acid groups (broad SMARTS) is 1. The molecule has 0 aliphatic carbocycles. The summed E-state index contributed by atoms with van der Waals surface area (Å²) in [5.41, 5.74) is 7.03. The molecule has 0 spiro atoms. The molecule has 0 aliphatic heterocycles. The van der Waals surface area contributed by atoms with E-state index < -0.39 is 5.97 Å². The minimum absolute atomic E-state index is 0.0389. The molecule has 0 amide bonds. The van der Waals surface area contributed by atoms with Crippen LogP contribution < -0.4 is 5.73 Å². The molecular formula is C12H16FNO2. The second-order valence-corrected chi connectivity index (χ2v) is 4.07. The van der Waals surface area contributed by atoms with Crippen molar-refractivity contribution in [3.05, 3.63) is 35.1 Å². The molecule has 2 unspecified atom stereocenters. The smallest absolute Gasteiger partial charge is 0.304 e. The maximum atomic E-state index is 13.1. The van der Waals surface area contributed by atoms with Gasteiger partial charge in [-0.3, -0.25) is 4.79 Å². The molecule has 0 bridgehead atoms. The van der Waals surface area contributed by atoms with Crippen LogP contribution in [0.5, 0.6) is 0 Å². The predicted octanol–water partition coefficient (Wildman–Crippen LogP) is 2.04. The topological polar surface area (TPSA) is 63.3 Å². The Bertz CT molecular complexity index is 391. The van der Waals surface area contributed by atoms with E-state index in [2.05, 4.69) is 0 Å². The molecule has 1 rings (SSSR count). The highest BCUT2D eigenvalue weighted by Crippen LogP contribution is 2.24. The van der Waals surface area contributed by atoms with E-state index in [0.717, 1.165) is 5.56 Å². The first-order valence-electron chi connectivity index (χ1n) is 5.15. The van der Waals surface area contributed by atoms with Crippen molar-refractivity contribution in [3.63, 3.8) is 0 Å². The molecule has 2 atom stereocenters. The number of halogens is 1. The van der Waals surface area contributed by atoms with Crippen molar-refractivity contribution in [2.45, 2.75) is 32.2 Å². The zero-order valence-corrected chi connectivity index (χ0v) is 9.40. The van der Waals surface area contributed by atoms with Gasteiger partial charge in [0.25, 0.3) is 0 Å². The Labute approximate surface area is 94.1 Å². The zero-order valence-electron chi connectivity index (χ0n) is 9.40. The number of benzene rings is 1. The third-order valence-corrected chi connectivity index (χ3v) is 2.64. The van der Waals surface area contributed by atoms with E-state index in [1.165, 1.54) is 6.07 Å². The normalized spacial score (nSPS) is 14.5. The third kappa shape index (κ3) is 3.03. The van der Waals surface area contributed by atoms with Gasteiger partial charge in [-0.25, -0.2) is 4.39 Å². The van der Waals surface area contributed by atoms with Crippen molar-refractivity contribution in [1.29, 1.82) is 0 Å². The number of aryl methyl sites for hydroxylation is 1. The maximum absolute atomic E-state index is 13.1. The highest BCUT2D eigenvalue weighted by atomic mass is 19.1. The first kappa shape index (κ1) is 12.6. The molecule has 0 saturated heterocycles. The van der Waals surface area contributed by atoms with Crippen molar-refractivity contribution in [1.82, 2.24) is 0 Å². The van der Waals surface area contributed by atoms with E-state index >= 15 is 0 Å². The Morgan fingerprint density at radius 3 is 2.62 bits per heavy atom. The number of hydrogen-bond acceptors (Lipinski definition) is 2. The zero-order chi connectivity index (χ0) is 12.3. The molecule has 88 valence electrons. The Kier molecular flexibility index (Phi) is 4.01. The minimum atomic E-state index is -0.899. The molecular weight excluding hydrogens is 209 g/mol. The second-order valence-electron chi connectivity index (χ2n) is 4.07. The summed E-state index contributed by atoms with van der Waals surface area (Å²) < 4.78 is 13.1. The van der Waals surface area contributed by atoms with E-state index in [9.17, 15) is 9.18 Å². The summed E-state index contributed by atoms with van der Waals surface area (Å²) in [5, 5.41) is 8.79. The van der Waals surface area contributed by atoms with Crippen molar-refractivity contribution in [3.8, 4) is 0 Å². The van der Waals surface area contributed by atoms with Crippen LogP contribution in [-0.2, 0) is 4.79 Å². The summed E-state index contributed by atoms with van der Waals surface area (Å²) in [5.74, 6) is -1.47. The van der Waals surface area contributed by atoms with Crippen LogP contribution in [0.25, 0.3) is 0 Å². The van der Waals surface area contributed by atoms with E-state index in [4.69, 9.17) is 10.8 Å². The van der Waals surface area contributed by atoms with Gasteiger partial charge in [0.05, 0.1) is 6.42 Å². The summed E-state index contributed by atoms with van der Waals surface area (Å²) in [6, 6.07) is 4.33. The summed E-state index contributed by atoms with van der Waals surface area (Å²) in [4.78, 5) is 10.7. The largest absolute Gasteiger partial charge is 0.481 e. The molecule has 0 aromatic heterocycles. The molecule has 1 aromatic rings. The lowest BCUT2D eigenvalue weighted by molar-refractivity contribution is -0.137. The number of aliphatic carboxylic acids is 1. The van der Waals surface area contributed by atoms with E-state index in [-0.39, 0.29) is 24.2 Å². The fourth-order valence-corrected chi connectivity index (χ4v) is 1.69. The minimum Gasteiger partial charge on any atom is -0.481 e. The lowest BCUT2D eigenvalue weighted by atomic mass is 9.89. The van der Waals surface area contributed by atoms with Crippen LogP contribution in [0.15, 0.2) is 18.2 Å². The number of rotatable bonds is 4. The van der Waals surface area contributed by atoms with Gasteiger partial charge in [0, 0.05) is 12.0 Å². The predicted molar refractivity (Wildman–Crippen MR) is 59.8 cm³/mol. The lowest BCUT2D eigenvalue weighted by Crippen LogP contribution is -2.27. The number of carbonyl (C=O) groups is 1. The average Bonchev–Trinajstić information content (AvgIpc) is 2.18. The van der Waals surface area contributed by atoms with Crippen LogP contribution in [0.4, 0.5) is 4.39 Å². The molecule has 3 nitrogen and oxygen atoms in total. The van der Waals surface area contributed by atoms with Crippen molar-refractivity contribution in [2.24, 2.45) is 5.73 Å². The molecule has 3 N–H and O–H groups in total. The Morgan fingerprint density at radius 2 is 2.19 bits per heavy atom. The Hall–Kier alpha value is -1.42. The molecule has 0 aliphatic rings.